The minimum Gasteiger partial charge on any atom is -0.784 e. The summed E-state index contributed by atoms with van der Waals surface area (Å²) in [6, 6.07) is 0. The quantitative estimate of drug-likeness (QED) is 0.374. The van der Waals surface area contributed by atoms with E-state index in [1.54, 1.807) is 0 Å². The van der Waals surface area contributed by atoms with Gasteiger partial charge in [0.1, 0.15) is 0 Å². The van der Waals surface area contributed by atoms with Crippen LogP contribution in [0.4, 0.5) is 0 Å². The van der Waals surface area contributed by atoms with Crippen molar-refractivity contribution in [2.45, 2.75) is 5.44 Å². The zero-order valence-corrected chi connectivity index (χ0v) is 15.9. The Morgan fingerprint density at radius 3 is 1.27 bits per heavy atom. The third-order valence-electron chi connectivity index (χ3n) is 0.394. The van der Waals surface area contributed by atoms with Crippen LogP contribution in [0.15, 0.2) is 0 Å². The van der Waals surface area contributed by atoms with Gasteiger partial charge in [0.05, 0.1) is 0 Å². The summed E-state index contributed by atoms with van der Waals surface area (Å²) in [7, 11) is 0. The second kappa shape index (κ2) is 19.0. The molecule has 0 amide bonds. The van der Waals surface area contributed by atoms with Gasteiger partial charge in [-0.2, -0.15) is 0 Å². The first-order chi connectivity index (χ1) is 5.29. The van der Waals surface area contributed by atoms with Crippen molar-refractivity contribution in [2.75, 3.05) is 0 Å². The maximum absolute atomic E-state index is 9.51. The molecule has 0 aliphatic carbocycles. The number of hydrogen-bond acceptors (Lipinski definition) is 7. The summed E-state index contributed by atoms with van der Waals surface area (Å²) in [4.78, 5) is 9.50. The van der Waals surface area contributed by atoms with Crippen LogP contribution in [0, 0.1) is 0 Å². The van der Waals surface area contributed by atoms with Crippen molar-refractivity contribution < 1.29 is 126 Å². The van der Waals surface area contributed by atoms with E-state index in [9.17, 15) is 13.6 Å². The molecule has 0 aliphatic heterocycles. The molecule has 8 nitrogen and oxygen atoms in total. The smallest absolute Gasteiger partial charge is 0.784 e. The second-order valence-corrected chi connectivity index (χ2v) is 2.53. The van der Waals surface area contributed by atoms with Crippen LogP contribution in [-0.4, -0.2) is 43.7 Å². The number of aliphatic hydroxyl groups excluding tert-OH is 1. The van der Waals surface area contributed by atoms with Gasteiger partial charge in [-0.25, -0.2) is 4.79 Å². The molecule has 0 aromatic carbocycles. The molecule has 0 rings (SSSR count). The molecular weight excluding hydrogens is 285 g/mol. The third kappa shape index (κ3) is 31.5. The van der Waals surface area contributed by atoms with Crippen molar-refractivity contribution in [3.8, 4) is 0 Å². The van der Waals surface area contributed by atoms with E-state index in [0.717, 1.165) is 0 Å². The van der Waals surface area contributed by atoms with Gasteiger partial charge in [-0.05, 0) is 11.1 Å². The molecule has 0 aromatic rings. The predicted molar refractivity (Wildman–Crippen MR) is 32.3 cm³/mol. The van der Waals surface area contributed by atoms with Crippen molar-refractivity contribution in [3.05, 3.63) is 0 Å². The second-order valence-electron chi connectivity index (χ2n) is 1.16. The van der Waals surface area contributed by atoms with Crippen LogP contribution in [-0.2, 0) is 27.2 Å². The van der Waals surface area contributed by atoms with E-state index in [2.05, 4.69) is 0 Å². The van der Waals surface area contributed by atoms with Crippen molar-refractivity contribution in [1.29, 1.82) is 0 Å². The van der Waals surface area contributed by atoms with Crippen LogP contribution in [0.3, 0.4) is 0 Å². The summed E-state index contributed by atoms with van der Waals surface area (Å²) in [6.45, 7) is 0. The summed E-state index contributed by atoms with van der Waals surface area (Å²) < 4.78 is 44.4. The van der Waals surface area contributed by atoms with Crippen LogP contribution >= 0.6 is 0 Å². The van der Waals surface area contributed by atoms with Gasteiger partial charge in [0, 0.05) is 0 Å². The molecule has 0 radical (unpaired) electrons. The monoisotopic (exact) mass is 288 g/mol. The number of carboxylic acids is 1. The van der Waals surface area contributed by atoms with Gasteiger partial charge in [0.2, 0.25) is 5.44 Å². The van der Waals surface area contributed by atoms with Gasteiger partial charge in [0.25, 0.3) is 0 Å². The molecule has 0 fully saturated rings. The SMILES string of the molecule is O=C(O)C(O)S(=O)[O-].O=S([O-])[O-].[Na+].[Na+].[Na+]. The number of aliphatic carboxylic acids is 1. The normalized spacial score (nSPS) is 11.5. The van der Waals surface area contributed by atoms with Gasteiger partial charge in [-0.15, -0.1) is 11.4 Å². The summed E-state index contributed by atoms with van der Waals surface area (Å²) >= 11 is -6.05. The van der Waals surface area contributed by atoms with Gasteiger partial charge in [-0.1, -0.05) is 0 Å². The van der Waals surface area contributed by atoms with Gasteiger partial charge in [-0.3, -0.25) is 8.42 Å². The van der Waals surface area contributed by atoms with E-state index in [-0.39, 0.29) is 88.7 Å². The number of aliphatic hydroxyl groups is 1. The summed E-state index contributed by atoms with van der Waals surface area (Å²) in [5, 5.41) is 15.7. The molecule has 0 aliphatic rings. The third-order valence-corrected chi connectivity index (χ3v) is 0.960. The summed E-state index contributed by atoms with van der Waals surface area (Å²) in [6.07, 6.45) is 0. The zero-order valence-electron chi connectivity index (χ0n) is 8.24. The van der Waals surface area contributed by atoms with E-state index in [1.807, 2.05) is 0 Å². The standard InChI is InChI=1S/C2H4O5S.3Na.H2O3S/c3-1(4)2(5)8(6)7;;;;1-4(2)3/h2,5H,(H,3,4)(H,6,7);;;;(H2,1,2,3)/q;3*+1;/p-3. The van der Waals surface area contributed by atoms with Crippen molar-refractivity contribution in [3.63, 3.8) is 0 Å². The summed E-state index contributed by atoms with van der Waals surface area (Å²) in [5.74, 6) is -1.77. The van der Waals surface area contributed by atoms with E-state index in [4.69, 9.17) is 23.5 Å². The van der Waals surface area contributed by atoms with Gasteiger partial charge < -0.3 is 23.9 Å². The average molecular weight is 288 g/mol. The number of hydrogen-bond donors (Lipinski definition) is 2. The molecule has 0 saturated heterocycles. The van der Waals surface area contributed by atoms with Gasteiger partial charge >= 0.3 is 94.6 Å². The van der Waals surface area contributed by atoms with Crippen molar-refractivity contribution in [1.82, 2.24) is 0 Å². The van der Waals surface area contributed by atoms with E-state index in [1.165, 1.54) is 0 Å². The zero-order chi connectivity index (χ0) is 10.3. The molecule has 0 heterocycles. The fraction of sp³-hybridized carbons (Fsp3) is 0.500. The number of rotatable bonds is 2. The largest absolute Gasteiger partial charge is 1.00 e. The van der Waals surface area contributed by atoms with Crippen molar-refractivity contribution >= 4 is 28.4 Å². The number of carboxylic acid groups (broad SMARTS) is 1. The fourth-order valence-corrected chi connectivity index (χ4v) is 0.247. The Morgan fingerprint density at radius 2 is 1.27 bits per heavy atom. The Hall–Kier alpha value is 2.61. The van der Waals surface area contributed by atoms with Crippen LogP contribution in [0.2, 0.25) is 0 Å². The number of carbonyl (C=O) groups is 1. The van der Waals surface area contributed by atoms with Gasteiger partial charge in [0.15, 0.2) is 0 Å². The molecular formula is C2H3Na3O8S2. The Labute approximate surface area is 157 Å². The first kappa shape index (κ1) is 30.6. The molecule has 2 unspecified atom stereocenters. The molecule has 0 aromatic heterocycles. The predicted octanol–water partition coefficient (Wildman–Crippen LogP) is -11.7. The molecule has 0 spiro atoms. The topological polar surface area (TPSA) is 161 Å². The molecule has 0 bridgehead atoms. The Kier molecular flexibility index (Phi) is 38.6. The van der Waals surface area contributed by atoms with E-state index >= 15 is 0 Å². The molecule has 15 heavy (non-hydrogen) atoms. The molecule has 2 atom stereocenters. The first-order valence-electron chi connectivity index (χ1n) is 2.04. The van der Waals surface area contributed by atoms with E-state index < -0.39 is 33.8 Å². The molecule has 2 N–H and O–H groups in total. The van der Waals surface area contributed by atoms with Crippen LogP contribution in [0.5, 0.6) is 0 Å². The summed E-state index contributed by atoms with van der Waals surface area (Å²) in [5.41, 5.74) is -2.30. The first-order valence-corrected chi connectivity index (χ1v) is 4.18. The minimum absolute atomic E-state index is 0. The molecule has 74 valence electrons. The minimum atomic E-state index is -3.11. The van der Waals surface area contributed by atoms with Crippen LogP contribution < -0.4 is 88.7 Å². The average Bonchev–Trinajstić information content (AvgIpc) is 1.84. The van der Waals surface area contributed by atoms with Crippen molar-refractivity contribution in [2.24, 2.45) is 0 Å². The van der Waals surface area contributed by atoms with Crippen LogP contribution in [0.25, 0.3) is 0 Å². The Bertz CT molecular complexity index is 180. The van der Waals surface area contributed by atoms with Crippen LogP contribution in [0.1, 0.15) is 0 Å². The Morgan fingerprint density at radius 1 is 1.07 bits per heavy atom. The maximum Gasteiger partial charge on any atom is 1.00 e. The van der Waals surface area contributed by atoms with E-state index in [0.29, 0.717) is 0 Å². The molecule has 13 heteroatoms. The Balaban J connectivity index is -0.0000000424. The molecule has 0 saturated carbocycles. The maximum atomic E-state index is 9.51. The fourth-order valence-electron chi connectivity index (χ4n) is 0.0823.